The Balaban J connectivity index is 4.06. The molecule has 0 aliphatic rings. The molecule has 0 spiro atoms. The molecule has 0 bridgehead atoms. The molecular formula is C13H26N2O3. The number of carboxylic acid groups (broad SMARTS) is 1. The van der Waals surface area contributed by atoms with Crippen molar-refractivity contribution in [1.82, 2.24) is 5.32 Å². The summed E-state index contributed by atoms with van der Waals surface area (Å²) in [4.78, 5) is 22.6. The van der Waals surface area contributed by atoms with Gasteiger partial charge in [-0.15, -0.1) is 0 Å². The summed E-state index contributed by atoms with van der Waals surface area (Å²) in [6.07, 6.45) is 2.46. The zero-order chi connectivity index (χ0) is 14.1. The largest absolute Gasteiger partial charge is 0.480 e. The number of amides is 1. The van der Waals surface area contributed by atoms with Crippen molar-refractivity contribution in [3.63, 3.8) is 0 Å². The Morgan fingerprint density at radius 3 is 2.28 bits per heavy atom. The Labute approximate surface area is 109 Å². The van der Waals surface area contributed by atoms with E-state index in [2.05, 4.69) is 5.32 Å². The Morgan fingerprint density at radius 1 is 1.22 bits per heavy atom. The quantitative estimate of drug-likeness (QED) is 0.582. The molecule has 0 aromatic heterocycles. The monoisotopic (exact) mass is 258 g/mol. The Kier molecular flexibility index (Phi) is 8.37. The number of carbonyl (C=O) groups excluding carboxylic acids is 1. The van der Waals surface area contributed by atoms with Crippen molar-refractivity contribution in [2.45, 2.75) is 52.5 Å². The summed E-state index contributed by atoms with van der Waals surface area (Å²) in [7, 11) is 0. The zero-order valence-electron chi connectivity index (χ0n) is 11.6. The molecule has 0 saturated carbocycles. The molecule has 5 nitrogen and oxygen atoms in total. The van der Waals surface area contributed by atoms with Crippen molar-refractivity contribution in [2.75, 3.05) is 6.54 Å². The molecule has 106 valence electrons. The van der Waals surface area contributed by atoms with E-state index in [-0.39, 0.29) is 11.8 Å². The van der Waals surface area contributed by atoms with Crippen LogP contribution in [0.1, 0.15) is 46.5 Å². The second kappa shape index (κ2) is 8.91. The van der Waals surface area contributed by atoms with Gasteiger partial charge >= 0.3 is 5.97 Å². The fourth-order valence-corrected chi connectivity index (χ4v) is 1.77. The molecule has 0 aromatic rings. The smallest absolute Gasteiger partial charge is 0.326 e. The van der Waals surface area contributed by atoms with Crippen molar-refractivity contribution in [3.05, 3.63) is 0 Å². The van der Waals surface area contributed by atoms with E-state index in [4.69, 9.17) is 10.8 Å². The number of aliphatic carboxylic acids is 1. The molecule has 0 aliphatic carbocycles. The minimum absolute atomic E-state index is 0.188. The standard InChI is InChI=1S/C13H26N2O3/c1-9(2)8-11(13(17)18)15-12(16)5-4-10(3)6-7-14/h9-11H,4-8,14H2,1-3H3,(H,15,16)(H,17,18)/t10?,11-/m1/s1. The molecular weight excluding hydrogens is 232 g/mol. The van der Waals surface area contributed by atoms with Crippen LogP contribution in [0.2, 0.25) is 0 Å². The lowest BCUT2D eigenvalue weighted by Gasteiger charge is -2.17. The van der Waals surface area contributed by atoms with Crippen LogP contribution in [0.4, 0.5) is 0 Å². The molecule has 0 heterocycles. The number of carbonyl (C=O) groups is 2. The highest BCUT2D eigenvalue weighted by Gasteiger charge is 2.20. The van der Waals surface area contributed by atoms with E-state index in [0.717, 1.165) is 12.8 Å². The van der Waals surface area contributed by atoms with Gasteiger partial charge in [0, 0.05) is 6.42 Å². The first-order valence-electron chi connectivity index (χ1n) is 6.59. The fraction of sp³-hybridized carbons (Fsp3) is 0.846. The van der Waals surface area contributed by atoms with Gasteiger partial charge in [-0.3, -0.25) is 4.79 Å². The van der Waals surface area contributed by atoms with E-state index in [1.54, 1.807) is 0 Å². The maximum absolute atomic E-state index is 11.6. The van der Waals surface area contributed by atoms with Gasteiger partial charge in [0.15, 0.2) is 0 Å². The average molecular weight is 258 g/mol. The van der Waals surface area contributed by atoms with Crippen LogP contribution >= 0.6 is 0 Å². The average Bonchev–Trinajstić information content (AvgIpc) is 2.25. The van der Waals surface area contributed by atoms with Gasteiger partial charge in [0.1, 0.15) is 6.04 Å². The van der Waals surface area contributed by atoms with E-state index in [9.17, 15) is 9.59 Å². The maximum Gasteiger partial charge on any atom is 0.326 e. The molecule has 5 heteroatoms. The van der Waals surface area contributed by atoms with Gasteiger partial charge in [-0.1, -0.05) is 20.8 Å². The van der Waals surface area contributed by atoms with Crippen LogP contribution in [-0.4, -0.2) is 29.6 Å². The number of hydrogen-bond donors (Lipinski definition) is 3. The number of carboxylic acids is 1. The zero-order valence-corrected chi connectivity index (χ0v) is 11.6. The number of nitrogens with one attached hydrogen (secondary N) is 1. The third-order valence-electron chi connectivity index (χ3n) is 2.86. The van der Waals surface area contributed by atoms with Gasteiger partial charge in [0.05, 0.1) is 0 Å². The topological polar surface area (TPSA) is 92.4 Å². The molecule has 18 heavy (non-hydrogen) atoms. The first-order chi connectivity index (χ1) is 8.36. The Morgan fingerprint density at radius 2 is 1.83 bits per heavy atom. The van der Waals surface area contributed by atoms with Crippen LogP contribution in [0.5, 0.6) is 0 Å². The minimum Gasteiger partial charge on any atom is -0.480 e. The summed E-state index contributed by atoms with van der Waals surface area (Å²) >= 11 is 0. The predicted octanol–water partition coefficient (Wildman–Crippen LogP) is 1.37. The van der Waals surface area contributed by atoms with Crippen LogP contribution in [0.25, 0.3) is 0 Å². The van der Waals surface area contributed by atoms with Gasteiger partial charge < -0.3 is 16.2 Å². The molecule has 0 rings (SSSR count). The molecule has 0 aliphatic heterocycles. The lowest BCUT2D eigenvalue weighted by molar-refractivity contribution is -0.142. The second-order valence-corrected chi connectivity index (χ2v) is 5.31. The van der Waals surface area contributed by atoms with Crippen molar-refractivity contribution < 1.29 is 14.7 Å². The minimum atomic E-state index is -0.966. The third-order valence-corrected chi connectivity index (χ3v) is 2.86. The highest BCUT2D eigenvalue weighted by Crippen LogP contribution is 2.10. The number of nitrogens with two attached hydrogens (primary N) is 1. The summed E-state index contributed by atoms with van der Waals surface area (Å²) < 4.78 is 0. The van der Waals surface area contributed by atoms with Crippen LogP contribution in [-0.2, 0) is 9.59 Å². The SMILES string of the molecule is CC(C)C[C@@H](NC(=O)CCC(C)CCN)C(=O)O. The summed E-state index contributed by atoms with van der Waals surface area (Å²) in [5.41, 5.74) is 5.43. The molecule has 0 fully saturated rings. The van der Waals surface area contributed by atoms with Crippen LogP contribution in [0, 0.1) is 11.8 Å². The van der Waals surface area contributed by atoms with E-state index in [1.807, 2.05) is 20.8 Å². The maximum atomic E-state index is 11.6. The Bertz CT molecular complexity index is 267. The number of rotatable bonds is 9. The molecule has 0 aromatic carbocycles. The fourth-order valence-electron chi connectivity index (χ4n) is 1.77. The summed E-state index contributed by atoms with van der Waals surface area (Å²) in [6.45, 7) is 6.54. The number of hydrogen-bond acceptors (Lipinski definition) is 3. The van der Waals surface area contributed by atoms with Crippen LogP contribution in [0.3, 0.4) is 0 Å². The predicted molar refractivity (Wildman–Crippen MR) is 71.1 cm³/mol. The van der Waals surface area contributed by atoms with Gasteiger partial charge in [0.25, 0.3) is 0 Å². The van der Waals surface area contributed by atoms with E-state index in [0.29, 0.717) is 25.3 Å². The first-order valence-corrected chi connectivity index (χ1v) is 6.59. The first kappa shape index (κ1) is 16.9. The van der Waals surface area contributed by atoms with E-state index >= 15 is 0 Å². The molecule has 0 saturated heterocycles. The van der Waals surface area contributed by atoms with Gasteiger partial charge in [-0.05, 0) is 37.6 Å². The molecule has 2 atom stereocenters. The Hall–Kier alpha value is -1.10. The lowest BCUT2D eigenvalue weighted by Crippen LogP contribution is -2.41. The molecule has 1 unspecified atom stereocenters. The molecule has 4 N–H and O–H groups in total. The van der Waals surface area contributed by atoms with E-state index in [1.165, 1.54) is 0 Å². The molecule has 0 radical (unpaired) electrons. The summed E-state index contributed by atoms with van der Waals surface area (Å²) in [6, 6.07) is -0.776. The van der Waals surface area contributed by atoms with Crippen molar-refractivity contribution in [3.8, 4) is 0 Å². The second-order valence-electron chi connectivity index (χ2n) is 5.31. The van der Waals surface area contributed by atoms with Gasteiger partial charge in [-0.25, -0.2) is 4.79 Å². The van der Waals surface area contributed by atoms with Crippen LogP contribution < -0.4 is 11.1 Å². The van der Waals surface area contributed by atoms with E-state index < -0.39 is 12.0 Å². The third kappa shape index (κ3) is 8.06. The molecule has 1 amide bonds. The summed E-state index contributed by atoms with van der Waals surface area (Å²) in [5, 5.41) is 11.6. The van der Waals surface area contributed by atoms with Crippen molar-refractivity contribution in [1.29, 1.82) is 0 Å². The lowest BCUT2D eigenvalue weighted by atomic mass is 10.0. The van der Waals surface area contributed by atoms with Gasteiger partial charge in [-0.2, -0.15) is 0 Å². The van der Waals surface area contributed by atoms with Crippen LogP contribution in [0.15, 0.2) is 0 Å². The van der Waals surface area contributed by atoms with Gasteiger partial charge in [0.2, 0.25) is 5.91 Å². The van der Waals surface area contributed by atoms with Crippen molar-refractivity contribution in [2.24, 2.45) is 17.6 Å². The van der Waals surface area contributed by atoms with Crippen molar-refractivity contribution >= 4 is 11.9 Å². The summed E-state index contributed by atoms with van der Waals surface area (Å²) in [5.74, 6) is -0.518. The normalized spacial score (nSPS) is 14.3. The highest BCUT2D eigenvalue weighted by molar-refractivity contribution is 5.83. The highest BCUT2D eigenvalue weighted by atomic mass is 16.4.